The maximum Gasteiger partial charge on any atom is 0.251 e. The van der Waals surface area contributed by atoms with Crippen molar-refractivity contribution in [1.82, 2.24) is 25.1 Å². The Bertz CT molecular complexity index is 1100. The zero-order valence-electron chi connectivity index (χ0n) is 16.8. The molecule has 154 valence electrons. The van der Waals surface area contributed by atoms with Crippen LogP contribution in [0.5, 0.6) is 0 Å². The lowest BCUT2D eigenvalue weighted by Crippen LogP contribution is -2.30. The molecular formula is C21H23N7OS. The van der Waals surface area contributed by atoms with Crippen LogP contribution in [0.25, 0.3) is 11.0 Å². The van der Waals surface area contributed by atoms with Gasteiger partial charge < -0.3 is 10.2 Å². The van der Waals surface area contributed by atoms with Crippen LogP contribution in [0.1, 0.15) is 35.2 Å². The monoisotopic (exact) mass is 421 g/mol. The molecule has 9 heteroatoms. The number of benzene rings is 1. The number of thioether (sulfide) groups is 1. The minimum Gasteiger partial charge on any atom is -0.356 e. The third-order valence-corrected chi connectivity index (χ3v) is 5.70. The van der Waals surface area contributed by atoms with Crippen LogP contribution in [0.15, 0.2) is 35.6 Å². The highest BCUT2D eigenvalue weighted by Gasteiger charge is 2.19. The minimum absolute atomic E-state index is 0.211. The highest BCUT2D eigenvalue weighted by atomic mass is 32.2. The van der Waals surface area contributed by atoms with E-state index in [-0.39, 0.29) is 5.91 Å². The number of carbonyl (C=O) groups is 1. The molecule has 0 bridgehead atoms. The number of nitrogens with one attached hydrogen (secondary N) is 1. The molecule has 1 saturated heterocycles. The Kier molecular flexibility index (Phi) is 6.14. The zero-order valence-corrected chi connectivity index (χ0v) is 17.7. The molecule has 0 unspecified atom stereocenters. The normalized spacial score (nSPS) is 13.9. The smallest absolute Gasteiger partial charge is 0.251 e. The van der Waals surface area contributed by atoms with E-state index in [1.165, 1.54) is 31.0 Å². The third kappa shape index (κ3) is 4.24. The third-order valence-electron chi connectivity index (χ3n) is 5.16. The number of hydrogen-bond acceptors (Lipinski definition) is 7. The maximum absolute atomic E-state index is 12.4. The van der Waals surface area contributed by atoms with Crippen molar-refractivity contribution < 1.29 is 4.79 Å². The highest BCUT2D eigenvalue weighted by Crippen LogP contribution is 2.28. The van der Waals surface area contributed by atoms with Crippen LogP contribution in [-0.2, 0) is 6.54 Å². The van der Waals surface area contributed by atoms with Gasteiger partial charge >= 0.3 is 0 Å². The molecule has 0 radical (unpaired) electrons. The quantitative estimate of drug-likeness (QED) is 0.482. The van der Waals surface area contributed by atoms with Crippen molar-refractivity contribution >= 4 is 34.5 Å². The molecule has 1 aliphatic rings. The number of anilines is 1. The average molecular weight is 422 g/mol. The number of fused-ring (bicyclic) bond motifs is 1. The van der Waals surface area contributed by atoms with Crippen LogP contribution in [0.3, 0.4) is 0 Å². The van der Waals surface area contributed by atoms with Crippen LogP contribution in [0.4, 0.5) is 5.82 Å². The van der Waals surface area contributed by atoms with Crippen LogP contribution in [-0.4, -0.2) is 51.5 Å². The Labute approximate surface area is 179 Å². The van der Waals surface area contributed by atoms with Crippen LogP contribution < -0.4 is 10.2 Å². The Morgan fingerprint density at radius 3 is 2.87 bits per heavy atom. The van der Waals surface area contributed by atoms with Crippen LogP contribution in [0, 0.1) is 11.3 Å². The van der Waals surface area contributed by atoms with E-state index in [9.17, 15) is 4.79 Å². The molecule has 1 N–H and O–H groups in total. The molecule has 0 atom stereocenters. The summed E-state index contributed by atoms with van der Waals surface area (Å²) in [5, 5.41) is 18.1. The van der Waals surface area contributed by atoms with Gasteiger partial charge in [-0.3, -0.25) is 4.79 Å². The fourth-order valence-electron chi connectivity index (χ4n) is 3.63. The van der Waals surface area contributed by atoms with Gasteiger partial charge in [0.05, 0.1) is 29.8 Å². The standard InChI is InChI=1S/C21H23N7OS/c1-30-21-25-18(27-9-3-2-4-10-27)17-14-24-28(19(17)26-21)11-8-23-20(29)16-7-5-6-15(12-16)13-22/h5-7,12,14H,2-4,8-11H2,1H3,(H,23,29). The first-order chi connectivity index (χ1) is 14.7. The predicted octanol–water partition coefficient (Wildman–Crippen LogP) is 2.84. The summed E-state index contributed by atoms with van der Waals surface area (Å²) < 4.78 is 1.82. The van der Waals surface area contributed by atoms with Gasteiger partial charge in [0.15, 0.2) is 10.8 Å². The lowest BCUT2D eigenvalue weighted by atomic mass is 10.1. The first-order valence-corrected chi connectivity index (χ1v) is 11.2. The van der Waals surface area contributed by atoms with Gasteiger partial charge in [0.25, 0.3) is 5.91 Å². The van der Waals surface area contributed by atoms with Crippen molar-refractivity contribution in [3.63, 3.8) is 0 Å². The van der Waals surface area contributed by atoms with Crippen molar-refractivity contribution in [1.29, 1.82) is 5.26 Å². The van der Waals surface area contributed by atoms with E-state index >= 15 is 0 Å². The fraction of sp³-hybridized carbons (Fsp3) is 0.381. The molecule has 1 aliphatic heterocycles. The summed E-state index contributed by atoms with van der Waals surface area (Å²) in [5.74, 6) is 0.740. The molecule has 1 aromatic carbocycles. The Morgan fingerprint density at radius 2 is 2.10 bits per heavy atom. The second kappa shape index (κ2) is 9.13. The van der Waals surface area contributed by atoms with Gasteiger partial charge in [0.2, 0.25) is 0 Å². The number of rotatable bonds is 6. The van der Waals surface area contributed by atoms with Crippen LogP contribution in [0.2, 0.25) is 0 Å². The van der Waals surface area contributed by atoms with Gasteiger partial charge in [0, 0.05) is 25.2 Å². The highest BCUT2D eigenvalue weighted by molar-refractivity contribution is 7.98. The molecule has 30 heavy (non-hydrogen) atoms. The molecule has 1 fully saturated rings. The number of carbonyl (C=O) groups excluding carboxylic acids is 1. The van der Waals surface area contributed by atoms with E-state index in [1.54, 1.807) is 24.3 Å². The molecule has 0 aliphatic carbocycles. The first-order valence-electron chi connectivity index (χ1n) is 10.0. The molecule has 4 rings (SSSR count). The Morgan fingerprint density at radius 1 is 1.27 bits per heavy atom. The number of hydrogen-bond donors (Lipinski definition) is 1. The van der Waals surface area contributed by atoms with Crippen molar-refractivity contribution in [2.75, 3.05) is 30.8 Å². The molecule has 8 nitrogen and oxygen atoms in total. The Hall–Kier alpha value is -3.12. The molecule has 2 aromatic heterocycles. The Balaban J connectivity index is 1.50. The number of aromatic nitrogens is 4. The molecule has 0 saturated carbocycles. The lowest BCUT2D eigenvalue weighted by molar-refractivity contribution is 0.0952. The van der Waals surface area contributed by atoms with Gasteiger partial charge in [-0.25, -0.2) is 14.6 Å². The second-order valence-electron chi connectivity index (χ2n) is 7.14. The SMILES string of the molecule is CSc1nc(N2CCCCC2)c2cnn(CCNC(=O)c3cccc(C#N)c3)c2n1. The van der Waals surface area contributed by atoms with E-state index in [4.69, 9.17) is 10.2 Å². The van der Waals surface area contributed by atoms with Gasteiger partial charge in [-0.2, -0.15) is 10.4 Å². The first kappa shape index (κ1) is 20.2. The zero-order chi connectivity index (χ0) is 20.9. The summed E-state index contributed by atoms with van der Waals surface area (Å²) in [7, 11) is 0. The largest absolute Gasteiger partial charge is 0.356 e. The van der Waals surface area contributed by atoms with Gasteiger partial charge in [-0.15, -0.1) is 0 Å². The molecule has 1 amide bonds. The maximum atomic E-state index is 12.4. The molecule has 0 spiro atoms. The summed E-state index contributed by atoms with van der Waals surface area (Å²) >= 11 is 1.52. The molecular weight excluding hydrogens is 398 g/mol. The number of piperidine rings is 1. The summed E-state index contributed by atoms with van der Waals surface area (Å²) in [6.45, 7) is 2.91. The predicted molar refractivity (Wildman–Crippen MR) is 117 cm³/mol. The second-order valence-corrected chi connectivity index (χ2v) is 7.91. The van der Waals surface area contributed by atoms with Crippen LogP contribution >= 0.6 is 11.8 Å². The van der Waals surface area contributed by atoms with Crippen molar-refractivity contribution in [2.24, 2.45) is 0 Å². The fourth-order valence-corrected chi connectivity index (χ4v) is 3.99. The van der Waals surface area contributed by atoms with Gasteiger partial charge in [0.1, 0.15) is 5.82 Å². The van der Waals surface area contributed by atoms with Gasteiger partial charge in [-0.1, -0.05) is 17.8 Å². The summed E-state index contributed by atoms with van der Waals surface area (Å²) in [6.07, 6.45) is 7.40. The lowest BCUT2D eigenvalue weighted by Gasteiger charge is -2.28. The topological polar surface area (TPSA) is 99.7 Å². The van der Waals surface area contributed by atoms with E-state index in [0.717, 1.165) is 35.1 Å². The molecule has 3 heterocycles. The average Bonchev–Trinajstić information content (AvgIpc) is 3.21. The van der Waals surface area contributed by atoms with E-state index in [2.05, 4.69) is 20.3 Å². The van der Waals surface area contributed by atoms with Gasteiger partial charge in [-0.05, 0) is 43.7 Å². The van der Waals surface area contributed by atoms with Crippen molar-refractivity contribution in [2.45, 2.75) is 31.0 Å². The molecule has 3 aromatic rings. The van der Waals surface area contributed by atoms with E-state index < -0.39 is 0 Å². The van der Waals surface area contributed by atoms with E-state index in [1.807, 2.05) is 23.2 Å². The van der Waals surface area contributed by atoms with Crippen molar-refractivity contribution in [3.8, 4) is 6.07 Å². The minimum atomic E-state index is -0.211. The number of nitrogens with zero attached hydrogens (tertiary/aromatic N) is 6. The summed E-state index contributed by atoms with van der Waals surface area (Å²) in [6, 6.07) is 8.71. The van der Waals surface area contributed by atoms with Crippen molar-refractivity contribution in [3.05, 3.63) is 41.6 Å². The summed E-state index contributed by atoms with van der Waals surface area (Å²) in [4.78, 5) is 24.1. The summed E-state index contributed by atoms with van der Waals surface area (Å²) in [5.41, 5.74) is 1.72. The number of nitriles is 1. The van der Waals surface area contributed by atoms with E-state index in [0.29, 0.717) is 24.2 Å². The number of amides is 1.